The van der Waals surface area contributed by atoms with Crippen LogP contribution in [0.25, 0.3) is 0 Å². The molecule has 22 heavy (non-hydrogen) atoms. The maximum absolute atomic E-state index is 12.4. The summed E-state index contributed by atoms with van der Waals surface area (Å²) in [5.74, 6) is -0.513. The number of amides is 2. The van der Waals surface area contributed by atoms with Gasteiger partial charge in [0.2, 0.25) is 5.91 Å². The van der Waals surface area contributed by atoms with Gasteiger partial charge in [0.15, 0.2) is 5.76 Å². The Labute approximate surface area is 129 Å². The Morgan fingerprint density at radius 1 is 1.14 bits per heavy atom. The molecule has 0 aliphatic carbocycles. The van der Waals surface area contributed by atoms with Gasteiger partial charge in [0.05, 0.1) is 6.26 Å². The molecule has 1 heterocycles. The third-order valence-electron chi connectivity index (χ3n) is 3.27. The van der Waals surface area contributed by atoms with Crippen molar-refractivity contribution < 1.29 is 14.0 Å². The fourth-order valence-corrected chi connectivity index (χ4v) is 2.10. The first-order chi connectivity index (χ1) is 10.5. The molecule has 0 unspecified atom stereocenters. The Balaban J connectivity index is 2.07. The third kappa shape index (κ3) is 3.97. The Morgan fingerprint density at radius 2 is 1.91 bits per heavy atom. The quantitative estimate of drug-likeness (QED) is 0.891. The number of anilines is 1. The number of carbonyl (C=O) groups is 2. The molecule has 1 atom stereocenters. The first-order valence-corrected chi connectivity index (χ1v) is 7.19. The maximum atomic E-state index is 12.4. The lowest BCUT2D eigenvalue weighted by atomic mass is 10.0. The minimum absolute atomic E-state index is 0.0521. The van der Waals surface area contributed by atoms with E-state index in [2.05, 4.69) is 10.6 Å². The third-order valence-corrected chi connectivity index (χ3v) is 3.27. The van der Waals surface area contributed by atoms with Gasteiger partial charge in [0.1, 0.15) is 6.04 Å². The van der Waals surface area contributed by atoms with Crippen molar-refractivity contribution in [2.45, 2.75) is 26.8 Å². The number of rotatable bonds is 5. The molecule has 2 aromatic rings. The van der Waals surface area contributed by atoms with E-state index >= 15 is 0 Å². The standard InChI is InChI=1S/C17H20N2O3/c1-11(2)15(19-16(20)14-8-5-9-22-14)17(21)18-13-7-4-6-12(3)10-13/h4-11,15H,1-3H3,(H,18,21)(H,19,20)/t15-/m0/s1. The molecule has 0 spiro atoms. The monoisotopic (exact) mass is 300 g/mol. The van der Waals surface area contributed by atoms with Crippen molar-refractivity contribution in [2.24, 2.45) is 5.92 Å². The highest BCUT2D eigenvalue weighted by atomic mass is 16.3. The van der Waals surface area contributed by atoms with Gasteiger partial charge in [-0.1, -0.05) is 26.0 Å². The van der Waals surface area contributed by atoms with Gasteiger partial charge < -0.3 is 15.1 Å². The van der Waals surface area contributed by atoms with Crippen molar-refractivity contribution in [2.75, 3.05) is 5.32 Å². The Bertz CT molecular complexity index is 648. The highest BCUT2D eigenvalue weighted by molar-refractivity contribution is 6.00. The summed E-state index contributed by atoms with van der Waals surface area (Å²) in [7, 11) is 0. The Morgan fingerprint density at radius 3 is 2.50 bits per heavy atom. The van der Waals surface area contributed by atoms with Crippen LogP contribution < -0.4 is 10.6 Å². The van der Waals surface area contributed by atoms with Crippen LogP contribution in [0.2, 0.25) is 0 Å². The highest BCUT2D eigenvalue weighted by Crippen LogP contribution is 2.12. The number of hydrogen-bond acceptors (Lipinski definition) is 3. The SMILES string of the molecule is Cc1cccc(NC(=O)[C@@H](NC(=O)c2ccco2)C(C)C)c1. The van der Waals surface area contributed by atoms with Crippen LogP contribution in [-0.4, -0.2) is 17.9 Å². The molecule has 0 saturated carbocycles. The van der Waals surface area contributed by atoms with E-state index in [4.69, 9.17) is 4.42 Å². The molecule has 2 N–H and O–H groups in total. The molecule has 5 nitrogen and oxygen atoms in total. The van der Waals surface area contributed by atoms with Gasteiger partial charge in [-0.2, -0.15) is 0 Å². The largest absolute Gasteiger partial charge is 0.459 e. The van der Waals surface area contributed by atoms with Crippen LogP contribution in [0.4, 0.5) is 5.69 Å². The molecule has 1 aromatic carbocycles. The summed E-state index contributed by atoms with van der Waals surface area (Å²) in [5, 5.41) is 5.54. The van der Waals surface area contributed by atoms with Crippen molar-refractivity contribution >= 4 is 17.5 Å². The smallest absolute Gasteiger partial charge is 0.287 e. The summed E-state index contributed by atoms with van der Waals surface area (Å²) in [5.41, 5.74) is 1.77. The first kappa shape index (κ1) is 15.8. The van der Waals surface area contributed by atoms with E-state index in [-0.39, 0.29) is 17.6 Å². The molecular formula is C17H20N2O3. The molecule has 5 heteroatoms. The lowest BCUT2D eigenvalue weighted by Crippen LogP contribution is -2.47. The molecule has 0 fully saturated rings. The van der Waals surface area contributed by atoms with Gasteiger partial charge in [-0.15, -0.1) is 0 Å². The van der Waals surface area contributed by atoms with Crippen LogP contribution in [0, 0.1) is 12.8 Å². The highest BCUT2D eigenvalue weighted by Gasteiger charge is 2.25. The first-order valence-electron chi connectivity index (χ1n) is 7.19. The molecule has 116 valence electrons. The van der Waals surface area contributed by atoms with Crippen LogP contribution in [0.15, 0.2) is 47.1 Å². The van der Waals surface area contributed by atoms with E-state index < -0.39 is 11.9 Å². The second-order valence-electron chi connectivity index (χ2n) is 5.53. The molecular weight excluding hydrogens is 280 g/mol. The summed E-state index contributed by atoms with van der Waals surface area (Å²) in [4.78, 5) is 24.5. The van der Waals surface area contributed by atoms with Crippen molar-refractivity contribution in [3.05, 3.63) is 54.0 Å². The number of benzene rings is 1. The van der Waals surface area contributed by atoms with Crippen LogP contribution in [0.5, 0.6) is 0 Å². The average molecular weight is 300 g/mol. The zero-order valence-corrected chi connectivity index (χ0v) is 12.9. The van der Waals surface area contributed by atoms with Crippen LogP contribution in [-0.2, 0) is 4.79 Å². The molecule has 0 saturated heterocycles. The second kappa shape index (κ2) is 6.93. The molecule has 2 rings (SSSR count). The maximum Gasteiger partial charge on any atom is 0.287 e. The number of furan rings is 1. The summed E-state index contributed by atoms with van der Waals surface area (Å²) in [6.07, 6.45) is 1.42. The van der Waals surface area contributed by atoms with E-state index in [0.29, 0.717) is 5.69 Å². The van der Waals surface area contributed by atoms with Crippen LogP contribution in [0.1, 0.15) is 30.0 Å². The van der Waals surface area contributed by atoms with Crippen molar-refractivity contribution in [3.8, 4) is 0 Å². The average Bonchev–Trinajstić information content (AvgIpc) is 2.98. The molecule has 0 aliphatic heterocycles. The molecule has 0 bridgehead atoms. The zero-order chi connectivity index (χ0) is 16.1. The van der Waals surface area contributed by atoms with Gasteiger partial charge in [-0.05, 0) is 42.7 Å². The second-order valence-corrected chi connectivity index (χ2v) is 5.53. The van der Waals surface area contributed by atoms with E-state index in [1.54, 1.807) is 12.1 Å². The van der Waals surface area contributed by atoms with Crippen LogP contribution in [0.3, 0.4) is 0 Å². The Hall–Kier alpha value is -2.56. The minimum Gasteiger partial charge on any atom is -0.459 e. The van der Waals surface area contributed by atoms with Crippen molar-refractivity contribution in [1.82, 2.24) is 5.32 Å². The topological polar surface area (TPSA) is 71.3 Å². The predicted octanol–water partition coefficient (Wildman–Crippen LogP) is 2.98. The van der Waals surface area contributed by atoms with Gasteiger partial charge in [-0.25, -0.2) is 0 Å². The van der Waals surface area contributed by atoms with E-state index in [9.17, 15) is 9.59 Å². The lowest BCUT2D eigenvalue weighted by Gasteiger charge is -2.21. The lowest BCUT2D eigenvalue weighted by molar-refractivity contribution is -0.118. The summed E-state index contributed by atoms with van der Waals surface area (Å²) < 4.78 is 5.05. The van der Waals surface area contributed by atoms with E-state index in [1.807, 2.05) is 45.0 Å². The van der Waals surface area contributed by atoms with Gasteiger partial charge in [-0.3, -0.25) is 9.59 Å². The number of nitrogens with one attached hydrogen (secondary N) is 2. The number of carbonyl (C=O) groups excluding carboxylic acids is 2. The van der Waals surface area contributed by atoms with Gasteiger partial charge in [0, 0.05) is 5.69 Å². The molecule has 2 amide bonds. The molecule has 0 radical (unpaired) electrons. The zero-order valence-electron chi connectivity index (χ0n) is 12.9. The number of aryl methyl sites for hydroxylation is 1. The Kier molecular flexibility index (Phi) is 4.99. The number of hydrogen-bond donors (Lipinski definition) is 2. The van der Waals surface area contributed by atoms with Crippen molar-refractivity contribution in [3.63, 3.8) is 0 Å². The van der Waals surface area contributed by atoms with Gasteiger partial charge >= 0.3 is 0 Å². The summed E-state index contributed by atoms with van der Waals surface area (Å²) in [6.45, 7) is 5.71. The normalized spacial score (nSPS) is 12.0. The predicted molar refractivity (Wildman–Crippen MR) is 84.6 cm³/mol. The molecule has 1 aromatic heterocycles. The van der Waals surface area contributed by atoms with E-state index in [0.717, 1.165) is 5.56 Å². The fourth-order valence-electron chi connectivity index (χ4n) is 2.10. The van der Waals surface area contributed by atoms with Gasteiger partial charge in [0.25, 0.3) is 5.91 Å². The fraction of sp³-hybridized carbons (Fsp3) is 0.294. The van der Waals surface area contributed by atoms with Crippen molar-refractivity contribution in [1.29, 1.82) is 0 Å². The van der Waals surface area contributed by atoms with Crippen LogP contribution >= 0.6 is 0 Å². The van der Waals surface area contributed by atoms with E-state index in [1.165, 1.54) is 6.26 Å². The minimum atomic E-state index is -0.641. The summed E-state index contributed by atoms with van der Waals surface area (Å²) >= 11 is 0. The summed E-state index contributed by atoms with van der Waals surface area (Å²) in [6, 6.07) is 10.1. The molecule has 0 aliphatic rings.